The van der Waals surface area contributed by atoms with E-state index < -0.39 is 0 Å². The Morgan fingerprint density at radius 3 is 2.70 bits per heavy atom. The highest BCUT2D eigenvalue weighted by molar-refractivity contribution is 7.98. The third-order valence-corrected chi connectivity index (χ3v) is 4.38. The Morgan fingerprint density at radius 1 is 1.20 bits per heavy atom. The van der Waals surface area contributed by atoms with E-state index in [4.69, 9.17) is 11.6 Å². The Balaban J connectivity index is 2.17. The Hall–Kier alpha value is -1.26. The van der Waals surface area contributed by atoms with Gasteiger partial charge in [-0.2, -0.15) is 0 Å². The highest BCUT2D eigenvalue weighted by atomic mass is 35.5. The van der Waals surface area contributed by atoms with E-state index in [0.717, 1.165) is 40.1 Å². The molecule has 0 unspecified atom stereocenters. The highest BCUT2D eigenvalue weighted by Crippen LogP contribution is 2.30. The first kappa shape index (κ1) is 15.1. The number of hydrogen-bond donors (Lipinski definition) is 1. The van der Waals surface area contributed by atoms with E-state index in [0.29, 0.717) is 0 Å². The first-order chi connectivity index (χ1) is 9.76. The molecule has 0 saturated heterocycles. The molecule has 0 amide bonds. The summed E-state index contributed by atoms with van der Waals surface area (Å²) in [5.74, 6) is 1.75. The van der Waals surface area contributed by atoms with Gasteiger partial charge in [0, 0.05) is 22.9 Å². The van der Waals surface area contributed by atoms with Crippen LogP contribution in [0.1, 0.15) is 25.0 Å². The van der Waals surface area contributed by atoms with Gasteiger partial charge in [0.05, 0.1) is 0 Å². The van der Waals surface area contributed by atoms with Gasteiger partial charge in [-0.25, -0.2) is 9.97 Å². The maximum Gasteiger partial charge on any atom is 0.133 e. The van der Waals surface area contributed by atoms with Crippen LogP contribution >= 0.6 is 23.4 Å². The Labute approximate surface area is 129 Å². The lowest BCUT2D eigenvalue weighted by Crippen LogP contribution is -2.05. The first-order valence-corrected chi connectivity index (χ1v) is 8.06. The summed E-state index contributed by atoms with van der Waals surface area (Å²) in [5.41, 5.74) is 2.30. The maximum atomic E-state index is 6.19. The molecule has 3 nitrogen and oxygen atoms in total. The molecule has 5 heteroatoms. The van der Waals surface area contributed by atoms with E-state index in [9.17, 15) is 0 Å². The number of aromatic nitrogens is 2. The van der Waals surface area contributed by atoms with Crippen molar-refractivity contribution < 1.29 is 0 Å². The van der Waals surface area contributed by atoms with E-state index in [1.54, 1.807) is 18.1 Å². The normalized spacial score (nSPS) is 10.6. The minimum atomic E-state index is 0.805. The van der Waals surface area contributed by atoms with Crippen molar-refractivity contribution >= 4 is 29.2 Å². The fraction of sp³-hybridized carbons (Fsp3) is 0.333. The summed E-state index contributed by atoms with van der Waals surface area (Å²) in [6.07, 6.45) is 2.53. The predicted octanol–water partition coefficient (Wildman–Crippen LogP) is 4.42. The molecule has 2 rings (SSSR count). The number of rotatable bonds is 6. The fourth-order valence-electron chi connectivity index (χ4n) is 1.92. The molecule has 0 aliphatic carbocycles. The van der Waals surface area contributed by atoms with Crippen molar-refractivity contribution in [3.05, 3.63) is 46.7 Å². The van der Waals surface area contributed by atoms with Crippen molar-refractivity contribution in [1.82, 2.24) is 9.97 Å². The zero-order valence-electron chi connectivity index (χ0n) is 11.7. The molecule has 1 heterocycles. The molecule has 0 aliphatic rings. The third kappa shape index (κ3) is 3.64. The quantitative estimate of drug-likeness (QED) is 0.633. The van der Waals surface area contributed by atoms with Crippen molar-refractivity contribution in [3.63, 3.8) is 0 Å². The zero-order chi connectivity index (χ0) is 14.4. The van der Waals surface area contributed by atoms with Crippen LogP contribution in [0.2, 0.25) is 5.02 Å². The molecule has 0 atom stereocenters. The molecule has 0 fully saturated rings. The van der Waals surface area contributed by atoms with Crippen molar-refractivity contribution in [3.8, 4) is 0 Å². The summed E-state index contributed by atoms with van der Waals surface area (Å²) in [7, 11) is 0. The standard InChI is InChI=1S/C15H18ClN3S/c1-3-12-14(17-4-2)18-10-19-15(12)20-9-11-7-5-6-8-13(11)16/h5-8,10H,3-4,9H2,1-2H3,(H,17,18,19). The van der Waals surface area contributed by atoms with Crippen LogP contribution in [0.3, 0.4) is 0 Å². The molecule has 20 heavy (non-hydrogen) atoms. The van der Waals surface area contributed by atoms with Crippen LogP contribution in [0.4, 0.5) is 5.82 Å². The lowest BCUT2D eigenvalue weighted by molar-refractivity contribution is 0.937. The number of benzene rings is 1. The van der Waals surface area contributed by atoms with E-state index in [1.807, 2.05) is 24.3 Å². The van der Waals surface area contributed by atoms with Crippen LogP contribution < -0.4 is 5.32 Å². The Morgan fingerprint density at radius 2 is 2.00 bits per heavy atom. The van der Waals surface area contributed by atoms with E-state index >= 15 is 0 Å². The van der Waals surface area contributed by atoms with Crippen LogP contribution in [0.5, 0.6) is 0 Å². The lowest BCUT2D eigenvalue weighted by atomic mass is 10.2. The summed E-state index contributed by atoms with van der Waals surface area (Å²) >= 11 is 7.89. The van der Waals surface area contributed by atoms with Gasteiger partial charge in [0.2, 0.25) is 0 Å². The van der Waals surface area contributed by atoms with Gasteiger partial charge in [-0.1, -0.05) is 36.7 Å². The van der Waals surface area contributed by atoms with Gasteiger partial charge in [0.25, 0.3) is 0 Å². The van der Waals surface area contributed by atoms with Crippen LogP contribution in [-0.2, 0) is 12.2 Å². The van der Waals surface area contributed by atoms with Crippen LogP contribution in [0, 0.1) is 0 Å². The zero-order valence-corrected chi connectivity index (χ0v) is 13.3. The molecule has 0 aliphatic heterocycles. The molecular formula is C15H18ClN3S. The summed E-state index contributed by atoms with van der Waals surface area (Å²) in [4.78, 5) is 8.72. The Kier molecular flexibility index (Phi) is 5.68. The second-order valence-electron chi connectivity index (χ2n) is 4.27. The highest BCUT2D eigenvalue weighted by Gasteiger charge is 2.10. The molecule has 106 valence electrons. The van der Waals surface area contributed by atoms with Gasteiger partial charge < -0.3 is 5.32 Å². The van der Waals surface area contributed by atoms with Gasteiger partial charge in [0.15, 0.2) is 0 Å². The molecule has 1 aromatic heterocycles. The van der Waals surface area contributed by atoms with Crippen LogP contribution in [0.25, 0.3) is 0 Å². The number of nitrogens with one attached hydrogen (secondary N) is 1. The smallest absolute Gasteiger partial charge is 0.133 e. The minimum absolute atomic E-state index is 0.805. The summed E-state index contributed by atoms with van der Waals surface area (Å²) in [6, 6.07) is 7.92. The van der Waals surface area contributed by atoms with Gasteiger partial charge in [0.1, 0.15) is 17.2 Å². The number of anilines is 1. The van der Waals surface area contributed by atoms with E-state index in [2.05, 4.69) is 29.1 Å². The molecule has 1 N–H and O–H groups in total. The molecule has 0 radical (unpaired) electrons. The lowest BCUT2D eigenvalue weighted by Gasteiger charge is -2.12. The third-order valence-electron chi connectivity index (χ3n) is 2.93. The topological polar surface area (TPSA) is 37.8 Å². The molecular weight excluding hydrogens is 290 g/mol. The monoisotopic (exact) mass is 307 g/mol. The van der Waals surface area contributed by atoms with Crippen molar-refractivity contribution in [2.45, 2.75) is 31.0 Å². The van der Waals surface area contributed by atoms with Gasteiger partial charge in [-0.3, -0.25) is 0 Å². The fourth-order valence-corrected chi connectivity index (χ4v) is 3.28. The molecule has 0 spiro atoms. The van der Waals surface area contributed by atoms with Gasteiger partial charge in [-0.15, -0.1) is 11.8 Å². The van der Waals surface area contributed by atoms with Crippen molar-refractivity contribution in [2.24, 2.45) is 0 Å². The van der Waals surface area contributed by atoms with E-state index in [-0.39, 0.29) is 0 Å². The molecule has 0 saturated carbocycles. The minimum Gasteiger partial charge on any atom is -0.370 e. The average Bonchev–Trinajstić information content (AvgIpc) is 2.47. The molecule has 1 aromatic carbocycles. The first-order valence-electron chi connectivity index (χ1n) is 6.70. The molecule has 0 bridgehead atoms. The SMILES string of the molecule is CCNc1ncnc(SCc2ccccc2Cl)c1CC. The van der Waals surface area contributed by atoms with Gasteiger partial charge in [-0.05, 0) is 25.0 Å². The largest absolute Gasteiger partial charge is 0.370 e. The van der Waals surface area contributed by atoms with E-state index in [1.165, 1.54) is 5.56 Å². The Bertz CT molecular complexity index is 575. The number of hydrogen-bond acceptors (Lipinski definition) is 4. The summed E-state index contributed by atoms with van der Waals surface area (Å²) in [6.45, 7) is 5.05. The summed E-state index contributed by atoms with van der Waals surface area (Å²) < 4.78 is 0. The number of thioether (sulfide) groups is 1. The van der Waals surface area contributed by atoms with Gasteiger partial charge >= 0.3 is 0 Å². The van der Waals surface area contributed by atoms with Crippen LogP contribution in [-0.4, -0.2) is 16.5 Å². The van der Waals surface area contributed by atoms with Crippen molar-refractivity contribution in [1.29, 1.82) is 0 Å². The second-order valence-corrected chi connectivity index (χ2v) is 5.64. The average molecular weight is 308 g/mol. The predicted molar refractivity (Wildman–Crippen MR) is 86.6 cm³/mol. The second kappa shape index (κ2) is 7.50. The number of nitrogens with zero attached hydrogens (tertiary/aromatic N) is 2. The maximum absolute atomic E-state index is 6.19. The van der Waals surface area contributed by atoms with Crippen LogP contribution in [0.15, 0.2) is 35.6 Å². The molecule has 2 aromatic rings. The summed E-state index contributed by atoms with van der Waals surface area (Å²) in [5, 5.41) is 5.12. The van der Waals surface area contributed by atoms with Crippen molar-refractivity contribution in [2.75, 3.05) is 11.9 Å². The number of halogens is 1.